The van der Waals surface area contributed by atoms with Gasteiger partial charge in [0.05, 0.1) is 5.56 Å². The van der Waals surface area contributed by atoms with Crippen molar-refractivity contribution < 1.29 is 9.21 Å². The standard InChI is InChI=1S/C13H12N2O2S/c1-8-6-10(7-17-8)13(16)15-11-4-2-9(3-5-11)12(14)18/h2-7H,1H3,(H2,14,18)(H,15,16). The molecule has 0 aliphatic heterocycles. The van der Waals surface area contributed by atoms with E-state index in [4.69, 9.17) is 22.4 Å². The van der Waals surface area contributed by atoms with Crippen LogP contribution in [0.3, 0.4) is 0 Å². The molecule has 2 aromatic rings. The predicted molar refractivity (Wildman–Crippen MR) is 73.7 cm³/mol. The van der Waals surface area contributed by atoms with Crippen LogP contribution in [0.5, 0.6) is 0 Å². The molecule has 0 bridgehead atoms. The van der Waals surface area contributed by atoms with E-state index in [1.807, 2.05) is 0 Å². The summed E-state index contributed by atoms with van der Waals surface area (Å²) in [6.07, 6.45) is 1.42. The Kier molecular flexibility index (Phi) is 3.43. The van der Waals surface area contributed by atoms with Crippen LogP contribution in [0.25, 0.3) is 0 Å². The summed E-state index contributed by atoms with van der Waals surface area (Å²) in [5.41, 5.74) is 7.43. The first-order valence-electron chi connectivity index (χ1n) is 5.32. The molecule has 5 heteroatoms. The number of rotatable bonds is 3. The summed E-state index contributed by atoms with van der Waals surface area (Å²) < 4.78 is 5.08. The van der Waals surface area contributed by atoms with Crippen molar-refractivity contribution in [1.29, 1.82) is 0 Å². The third-order valence-electron chi connectivity index (χ3n) is 2.42. The van der Waals surface area contributed by atoms with Crippen LogP contribution in [0.4, 0.5) is 5.69 Å². The van der Waals surface area contributed by atoms with Crippen LogP contribution in [0.2, 0.25) is 0 Å². The molecule has 1 amide bonds. The molecule has 0 unspecified atom stereocenters. The molecule has 0 spiro atoms. The highest BCUT2D eigenvalue weighted by Crippen LogP contribution is 2.13. The Morgan fingerprint density at radius 2 is 1.94 bits per heavy atom. The normalized spacial score (nSPS) is 10.1. The molecular weight excluding hydrogens is 248 g/mol. The van der Waals surface area contributed by atoms with E-state index in [-0.39, 0.29) is 5.91 Å². The Morgan fingerprint density at radius 1 is 1.28 bits per heavy atom. The first-order chi connectivity index (χ1) is 8.56. The SMILES string of the molecule is Cc1cc(C(=O)Nc2ccc(C(N)=S)cc2)co1. The zero-order valence-electron chi connectivity index (χ0n) is 9.77. The topological polar surface area (TPSA) is 68.3 Å². The van der Waals surface area contributed by atoms with Gasteiger partial charge in [-0.1, -0.05) is 12.2 Å². The number of carbonyl (C=O) groups is 1. The first kappa shape index (κ1) is 12.3. The van der Waals surface area contributed by atoms with Gasteiger partial charge in [-0.25, -0.2) is 0 Å². The Labute approximate surface area is 110 Å². The summed E-state index contributed by atoms with van der Waals surface area (Å²) in [6, 6.07) is 8.70. The van der Waals surface area contributed by atoms with Crippen molar-refractivity contribution in [3.05, 3.63) is 53.5 Å². The maximum absolute atomic E-state index is 11.8. The van der Waals surface area contributed by atoms with E-state index in [9.17, 15) is 4.79 Å². The molecule has 0 atom stereocenters. The second-order valence-electron chi connectivity index (χ2n) is 3.84. The maximum atomic E-state index is 11.8. The summed E-state index contributed by atoms with van der Waals surface area (Å²) in [6.45, 7) is 1.79. The molecule has 0 saturated carbocycles. The van der Waals surface area contributed by atoms with Crippen molar-refractivity contribution in [3.8, 4) is 0 Å². The molecule has 1 aromatic heterocycles. The third-order valence-corrected chi connectivity index (χ3v) is 2.66. The van der Waals surface area contributed by atoms with E-state index >= 15 is 0 Å². The Bertz CT molecular complexity index is 587. The molecule has 4 nitrogen and oxygen atoms in total. The lowest BCUT2D eigenvalue weighted by Crippen LogP contribution is -2.12. The zero-order chi connectivity index (χ0) is 13.1. The number of hydrogen-bond acceptors (Lipinski definition) is 3. The molecule has 3 N–H and O–H groups in total. The molecule has 0 aliphatic rings. The summed E-state index contributed by atoms with van der Waals surface area (Å²) in [4.78, 5) is 12.2. The lowest BCUT2D eigenvalue weighted by molar-refractivity contribution is 0.102. The van der Waals surface area contributed by atoms with Crippen LogP contribution in [-0.2, 0) is 0 Å². The molecule has 0 aliphatic carbocycles. The van der Waals surface area contributed by atoms with Crippen LogP contribution in [0.15, 0.2) is 41.0 Å². The molecule has 1 aromatic carbocycles. The highest BCUT2D eigenvalue weighted by molar-refractivity contribution is 7.80. The Morgan fingerprint density at radius 3 is 2.44 bits per heavy atom. The van der Waals surface area contributed by atoms with Crippen LogP contribution in [-0.4, -0.2) is 10.9 Å². The number of carbonyl (C=O) groups excluding carboxylic acids is 1. The lowest BCUT2D eigenvalue weighted by atomic mass is 10.2. The highest BCUT2D eigenvalue weighted by Gasteiger charge is 2.08. The predicted octanol–water partition coefficient (Wildman–Crippen LogP) is 2.47. The maximum Gasteiger partial charge on any atom is 0.258 e. The number of hydrogen-bond donors (Lipinski definition) is 2. The molecule has 0 radical (unpaired) electrons. The van der Waals surface area contributed by atoms with Gasteiger partial charge in [0, 0.05) is 11.3 Å². The molecule has 18 heavy (non-hydrogen) atoms. The van der Waals surface area contributed by atoms with Crippen LogP contribution >= 0.6 is 12.2 Å². The van der Waals surface area contributed by atoms with Gasteiger partial charge < -0.3 is 15.5 Å². The van der Waals surface area contributed by atoms with Gasteiger partial charge in [0.1, 0.15) is 17.0 Å². The Balaban J connectivity index is 2.10. The molecular formula is C13H12N2O2S. The second kappa shape index (κ2) is 5.01. The summed E-state index contributed by atoms with van der Waals surface area (Å²) in [5, 5.41) is 2.75. The average molecular weight is 260 g/mol. The van der Waals surface area contributed by atoms with Gasteiger partial charge in [0.15, 0.2) is 0 Å². The van der Waals surface area contributed by atoms with E-state index in [0.29, 0.717) is 22.0 Å². The summed E-state index contributed by atoms with van der Waals surface area (Å²) in [5.74, 6) is 0.485. The number of aryl methyl sites for hydroxylation is 1. The monoisotopic (exact) mass is 260 g/mol. The number of benzene rings is 1. The van der Waals surface area contributed by atoms with Crippen molar-refractivity contribution in [2.24, 2.45) is 5.73 Å². The van der Waals surface area contributed by atoms with Crippen molar-refractivity contribution in [2.75, 3.05) is 5.32 Å². The molecule has 1 heterocycles. The van der Waals surface area contributed by atoms with E-state index in [1.54, 1.807) is 37.3 Å². The van der Waals surface area contributed by atoms with Gasteiger partial charge >= 0.3 is 0 Å². The fourth-order valence-corrected chi connectivity index (χ4v) is 1.62. The zero-order valence-corrected chi connectivity index (χ0v) is 10.6. The number of amides is 1. The van der Waals surface area contributed by atoms with Gasteiger partial charge in [0.25, 0.3) is 5.91 Å². The van der Waals surface area contributed by atoms with Gasteiger partial charge in [-0.3, -0.25) is 4.79 Å². The Hall–Kier alpha value is -2.14. The average Bonchev–Trinajstić information content (AvgIpc) is 2.76. The van der Waals surface area contributed by atoms with E-state index < -0.39 is 0 Å². The van der Waals surface area contributed by atoms with Crippen molar-refractivity contribution >= 4 is 28.8 Å². The smallest absolute Gasteiger partial charge is 0.258 e. The fraction of sp³-hybridized carbons (Fsp3) is 0.0769. The third kappa shape index (κ3) is 2.75. The first-order valence-corrected chi connectivity index (χ1v) is 5.73. The lowest BCUT2D eigenvalue weighted by Gasteiger charge is -2.04. The number of nitrogens with one attached hydrogen (secondary N) is 1. The van der Waals surface area contributed by atoms with E-state index in [0.717, 1.165) is 5.56 Å². The molecule has 0 saturated heterocycles. The van der Waals surface area contributed by atoms with Crippen molar-refractivity contribution in [3.63, 3.8) is 0 Å². The minimum Gasteiger partial charge on any atom is -0.469 e. The summed E-state index contributed by atoms with van der Waals surface area (Å²) >= 11 is 4.85. The number of furan rings is 1. The number of anilines is 1. The molecule has 92 valence electrons. The van der Waals surface area contributed by atoms with Gasteiger partial charge in [-0.15, -0.1) is 0 Å². The molecule has 0 fully saturated rings. The van der Waals surface area contributed by atoms with E-state index in [1.165, 1.54) is 6.26 Å². The number of nitrogens with two attached hydrogens (primary N) is 1. The van der Waals surface area contributed by atoms with Crippen molar-refractivity contribution in [1.82, 2.24) is 0 Å². The van der Waals surface area contributed by atoms with Crippen LogP contribution < -0.4 is 11.1 Å². The fourth-order valence-electron chi connectivity index (χ4n) is 1.48. The van der Waals surface area contributed by atoms with Gasteiger partial charge in [0.2, 0.25) is 0 Å². The van der Waals surface area contributed by atoms with Gasteiger partial charge in [-0.2, -0.15) is 0 Å². The highest BCUT2D eigenvalue weighted by atomic mass is 32.1. The summed E-state index contributed by atoms with van der Waals surface area (Å²) in [7, 11) is 0. The van der Waals surface area contributed by atoms with Crippen molar-refractivity contribution in [2.45, 2.75) is 6.92 Å². The second-order valence-corrected chi connectivity index (χ2v) is 4.28. The van der Waals surface area contributed by atoms with Gasteiger partial charge in [-0.05, 0) is 37.3 Å². The van der Waals surface area contributed by atoms with Crippen LogP contribution in [0, 0.1) is 6.92 Å². The minimum absolute atomic E-state index is 0.213. The minimum atomic E-state index is -0.213. The van der Waals surface area contributed by atoms with E-state index in [2.05, 4.69) is 5.32 Å². The number of thiocarbonyl (C=S) groups is 1. The largest absolute Gasteiger partial charge is 0.469 e. The molecule has 2 rings (SSSR count). The quantitative estimate of drug-likeness (QED) is 0.832. The van der Waals surface area contributed by atoms with Crippen LogP contribution in [0.1, 0.15) is 21.7 Å².